The highest BCUT2D eigenvalue weighted by Gasteiger charge is 2.30. The van der Waals surface area contributed by atoms with Crippen LogP contribution in [0.25, 0.3) is 22.3 Å². The minimum Gasteiger partial charge on any atom is -0.508 e. The monoisotopic (exact) mass is 366 g/mol. The molecule has 0 fully saturated rings. The lowest BCUT2D eigenvalue weighted by atomic mass is 10.0. The van der Waals surface area contributed by atoms with Crippen LogP contribution in [0.4, 0.5) is 0 Å². The summed E-state index contributed by atoms with van der Waals surface area (Å²) < 4.78 is 17.0. The fraction of sp³-hybridized carbons (Fsp3) is 0.190. The molecule has 0 amide bonds. The quantitative estimate of drug-likeness (QED) is 0.686. The van der Waals surface area contributed by atoms with Gasteiger partial charge in [0.2, 0.25) is 11.2 Å². The smallest absolute Gasteiger partial charge is 0.239 e. The van der Waals surface area contributed by atoms with Gasteiger partial charge in [-0.1, -0.05) is 6.58 Å². The Labute approximate surface area is 154 Å². The summed E-state index contributed by atoms with van der Waals surface area (Å²) in [5, 5.41) is 20.3. The van der Waals surface area contributed by atoms with Gasteiger partial charge in [-0.25, -0.2) is 0 Å². The van der Waals surface area contributed by atoms with Crippen LogP contribution in [0.2, 0.25) is 0 Å². The Morgan fingerprint density at radius 2 is 1.96 bits per heavy atom. The van der Waals surface area contributed by atoms with Crippen molar-refractivity contribution in [3.63, 3.8) is 0 Å². The highest BCUT2D eigenvalue weighted by molar-refractivity contribution is 5.90. The molecule has 1 aliphatic heterocycles. The summed E-state index contributed by atoms with van der Waals surface area (Å²) in [5.74, 6) is 0.603. The summed E-state index contributed by atoms with van der Waals surface area (Å²) in [5.41, 5.74) is 1.67. The number of phenolic OH excluding ortho intramolecular Hbond substituents is 2. The maximum atomic E-state index is 13.0. The number of fused-ring (bicyclic) bond motifs is 2. The van der Waals surface area contributed by atoms with Gasteiger partial charge in [0, 0.05) is 23.6 Å². The average molecular weight is 366 g/mol. The third-order valence-electron chi connectivity index (χ3n) is 4.72. The molecule has 2 aromatic carbocycles. The third kappa shape index (κ3) is 2.61. The molecule has 0 unspecified atom stereocenters. The predicted molar refractivity (Wildman–Crippen MR) is 101 cm³/mol. The van der Waals surface area contributed by atoms with E-state index >= 15 is 0 Å². The van der Waals surface area contributed by atoms with Crippen molar-refractivity contribution < 1.29 is 24.1 Å². The molecule has 4 rings (SSSR count). The SMILES string of the molecule is C=C(C)[C@@H]1Cc2c(cc3oc(-c4ccc(O)cc4)c(OC)c(=O)c3c2O)O1. The van der Waals surface area contributed by atoms with Crippen LogP contribution >= 0.6 is 0 Å². The van der Waals surface area contributed by atoms with Crippen molar-refractivity contribution in [3.8, 4) is 34.3 Å². The molecule has 2 heterocycles. The molecule has 0 saturated carbocycles. The van der Waals surface area contributed by atoms with Crippen molar-refractivity contribution in [3.05, 3.63) is 58.3 Å². The molecular formula is C21H18O6. The van der Waals surface area contributed by atoms with Crippen LogP contribution in [0.5, 0.6) is 23.0 Å². The van der Waals surface area contributed by atoms with Gasteiger partial charge in [0.25, 0.3) is 0 Å². The van der Waals surface area contributed by atoms with Gasteiger partial charge >= 0.3 is 0 Å². The Morgan fingerprint density at radius 1 is 1.26 bits per heavy atom. The van der Waals surface area contributed by atoms with E-state index in [9.17, 15) is 15.0 Å². The summed E-state index contributed by atoms with van der Waals surface area (Å²) in [6.07, 6.45) is 0.185. The molecule has 138 valence electrons. The van der Waals surface area contributed by atoms with E-state index in [1.54, 1.807) is 18.2 Å². The molecule has 6 nitrogen and oxygen atoms in total. The lowest BCUT2D eigenvalue weighted by Gasteiger charge is -2.11. The minimum absolute atomic E-state index is 0.0150. The van der Waals surface area contributed by atoms with Crippen LogP contribution in [0.1, 0.15) is 12.5 Å². The molecule has 3 aromatic rings. The molecule has 1 atom stereocenters. The molecule has 6 heteroatoms. The van der Waals surface area contributed by atoms with Gasteiger partial charge in [-0.15, -0.1) is 0 Å². The number of phenols is 2. The van der Waals surface area contributed by atoms with E-state index in [2.05, 4.69) is 6.58 Å². The number of hydrogen-bond acceptors (Lipinski definition) is 6. The maximum Gasteiger partial charge on any atom is 0.239 e. The number of aromatic hydroxyl groups is 2. The second-order valence-electron chi connectivity index (χ2n) is 6.57. The second-order valence-corrected chi connectivity index (χ2v) is 6.57. The second kappa shape index (κ2) is 6.09. The Hall–Kier alpha value is -3.41. The van der Waals surface area contributed by atoms with Crippen molar-refractivity contribution in [2.45, 2.75) is 19.4 Å². The van der Waals surface area contributed by atoms with E-state index < -0.39 is 5.43 Å². The molecule has 1 aliphatic rings. The van der Waals surface area contributed by atoms with E-state index in [1.165, 1.54) is 19.2 Å². The Kier molecular flexibility index (Phi) is 3.84. The highest BCUT2D eigenvalue weighted by atomic mass is 16.5. The number of rotatable bonds is 3. The Morgan fingerprint density at radius 3 is 2.59 bits per heavy atom. The standard InChI is InChI=1S/C21H18O6/c1-10(2)14-8-13-15(26-14)9-16-17(18(13)23)19(24)21(25-3)20(27-16)11-4-6-12(22)7-5-11/h4-7,9,14,22-23H,1,8H2,2-3H3/t14-/m0/s1. The molecule has 2 N–H and O–H groups in total. The first-order chi connectivity index (χ1) is 12.9. The van der Waals surface area contributed by atoms with Crippen molar-refractivity contribution in [1.82, 2.24) is 0 Å². The summed E-state index contributed by atoms with van der Waals surface area (Å²) in [6, 6.07) is 7.81. The van der Waals surface area contributed by atoms with Gasteiger partial charge in [0.1, 0.15) is 34.3 Å². The number of methoxy groups -OCH3 is 1. The zero-order valence-corrected chi connectivity index (χ0v) is 14.9. The largest absolute Gasteiger partial charge is 0.508 e. The normalized spacial score (nSPS) is 15.4. The summed E-state index contributed by atoms with van der Waals surface area (Å²) in [7, 11) is 1.37. The molecule has 0 radical (unpaired) electrons. The molecule has 0 saturated heterocycles. The van der Waals surface area contributed by atoms with Crippen LogP contribution in [0, 0.1) is 0 Å². The first-order valence-corrected chi connectivity index (χ1v) is 8.41. The highest BCUT2D eigenvalue weighted by Crippen LogP contribution is 2.43. The van der Waals surface area contributed by atoms with Gasteiger partial charge in [-0.3, -0.25) is 4.79 Å². The van der Waals surface area contributed by atoms with E-state index in [-0.39, 0.29) is 40.1 Å². The van der Waals surface area contributed by atoms with E-state index in [4.69, 9.17) is 13.9 Å². The van der Waals surface area contributed by atoms with Crippen LogP contribution < -0.4 is 14.9 Å². The van der Waals surface area contributed by atoms with Gasteiger partial charge in [0.15, 0.2) is 5.76 Å². The molecule has 0 bridgehead atoms. The first kappa shape index (κ1) is 17.0. The predicted octanol–water partition coefficient (Wildman–Crippen LogP) is 3.76. The number of benzene rings is 2. The molecular weight excluding hydrogens is 348 g/mol. The molecule has 1 aromatic heterocycles. The van der Waals surface area contributed by atoms with Gasteiger partial charge in [-0.2, -0.15) is 0 Å². The average Bonchev–Trinajstić information content (AvgIpc) is 3.07. The minimum atomic E-state index is -0.471. The van der Waals surface area contributed by atoms with E-state index in [1.807, 2.05) is 6.92 Å². The van der Waals surface area contributed by atoms with Gasteiger partial charge in [0.05, 0.1) is 7.11 Å². The molecule has 27 heavy (non-hydrogen) atoms. The molecule has 0 spiro atoms. The fourth-order valence-electron chi connectivity index (χ4n) is 3.28. The zero-order chi connectivity index (χ0) is 19.3. The Bertz CT molecular complexity index is 1120. The van der Waals surface area contributed by atoms with Gasteiger partial charge in [-0.05, 0) is 36.8 Å². The zero-order valence-electron chi connectivity index (χ0n) is 14.9. The summed E-state index contributed by atoms with van der Waals surface area (Å²) in [6.45, 7) is 5.74. The van der Waals surface area contributed by atoms with Crippen molar-refractivity contribution in [2.24, 2.45) is 0 Å². The van der Waals surface area contributed by atoms with Crippen LogP contribution in [0.15, 0.2) is 51.7 Å². The van der Waals surface area contributed by atoms with Crippen LogP contribution in [-0.4, -0.2) is 23.4 Å². The number of hydrogen-bond donors (Lipinski definition) is 2. The van der Waals surface area contributed by atoms with E-state index in [0.717, 1.165) is 5.57 Å². The van der Waals surface area contributed by atoms with Crippen molar-refractivity contribution >= 4 is 11.0 Å². The molecule has 0 aliphatic carbocycles. The van der Waals surface area contributed by atoms with Crippen LogP contribution in [0.3, 0.4) is 0 Å². The maximum absolute atomic E-state index is 13.0. The summed E-state index contributed by atoms with van der Waals surface area (Å²) in [4.78, 5) is 13.0. The fourth-order valence-corrected chi connectivity index (χ4v) is 3.28. The third-order valence-corrected chi connectivity index (χ3v) is 4.72. The number of ether oxygens (including phenoxy) is 2. The van der Waals surface area contributed by atoms with Crippen molar-refractivity contribution in [1.29, 1.82) is 0 Å². The van der Waals surface area contributed by atoms with Gasteiger partial charge < -0.3 is 24.1 Å². The van der Waals surface area contributed by atoms with E-state index in [0.29, 0.717) is 23.3 Å². The van der Waals surface area contributed by atoms with Crippen molar-refractivity contribution in [2.75, 3.05) is 7.11 Å². The lowest BCUT2D eigenvalue weighted by Crippen LogP contribution is -2.13. The first-order valence-electron chi connectivity index (χ1n) is 8.41. The van der Waals surface area contributed by atoms with Crippen LogP contribution in [-0.2, 0) is 6.42 Å². The lowest BCUT2D eigenvalue weighted by molar-refractivity contribution is 0.271. The Balaban J connectivity index is 1.99. The summed E-state index contributed by atoms with van der Waals surface area (Å²) >= 11 is 0. The topological polar surface area (TPSA) is 89.1 Å².